The quantitative estimate of drug-likeness (QED) is 0.0568. The van der Waals surface area contributed by atoms with Gasteiger partial charge in [-0.3, -0.25) is 9.47 Å². The Bertz CT molecular complexity index is 1190. The second-order valence-electron chi connectivity index (χ2n) is 14.0. The van der Waals surface area contributed by atoms with Crippen LogP contribution in [0.2, 0.25) is 0 Å². The zero-order valence-electron chi connectivity index (χ0n) is 31.7. The van der Waals surface area contributed by atoms with E-state index in [9.17, 15) is 78.8 Å². The molecule has 5 unspecified atom stereocenters. The monoisotopic (exact) mass is 938 g/mol. The molecule has 0 amide bonds. The summed E-state index contributed by atoms with van der Waals surface area (Å²) in [5, 5.41) is -10.6. The van der Waals surface area contributed by atoms with Gasteiger partial charge in [0, 0.05) is 31.6 Å². The minimum absolute atomic E-state index is 0.127. The number of alkyl halides is 17. The van der Waals surface area contributed by atoms with E-state index in [1.807, 2.05) is 0 Å². The molecule has 0 saturated carbocycles. The summed E-state index contributed by atoms with van der Waals surface area (Å²) in [5.41, 5.74) is -8.00. The van der Waals surface area contributed by atoms with Crippen LogP contribution in [0.4, 0.5) is 78.8 Å². The van der Waals surface area contributed by atoms with Crippen LogP contribution >= 0.6 is 31.8 Å². The third kappa shape index (κ3) is 19.1. The molecule has 0 radical (unpaired) electrons. The van der Waals surface area contributed by atoms with Crippen molar-refractivity contribution in [1.29, 1.82) is 0 Å². The second-order valence-corrected chi connectivity index (χ2v) is 18.2. The molecule has 6 nitrogen and oxygen atoms in total. The lowest BCUT2D eigenvalue weighted by Gasteiger charge is -2.40. The normalized spacial score (nSPS) is 17.6. The van der Waals surface area contributed by atoms with E-state index < -0.39 is 120 Å². The first-order valence-corrected chi connectivity index (χ1v) is 19.6. The minimum atomic E-state index is -7.17. The number of hydrogen-bond donors (Lipinski definition) is 0. The van der Waals surface area contributed by atoms with Gasteiger partial charge in [-0.15, -0.1) is 0 Å². The molecule has 0 N–H and O–H groups in total. The lowest BCUT2D eigenvalue weighted by Crippen LogP contribution is -2.55. The topological polar surface area (TPSA) is 55.4 Å². The van der Waals surface area contributed by atoms with Gasteiger partial charge in [0.1, 0.15) is 0 Å². The standard InChI is InChI=1S/C30H45F18O6PS2/c1-16(2)49-12-10-22(5,6)51-18(14-56-25(35,36)20(31)53-29(44,45)27(39,40)28(41,42)43)19(52-23(7,8)11-13-50-17(3)4)15-57-26(37,38)21(32)54-30(46,47)55(48)24(9,33)34/h16-21H,10-15H2,1-9H3. The van der Waals surface area contributed by atoms with E-state index in [1.54, 1.807) is 27.7 Å². The molecule has 27 heteroatoms. The van der Waals surface area contributed by atoms with Crippen LogP contribution in [-0.4, -0.2) is 113 Å². The Balaban J connectivity index is 6.89. The maximum atomic E-state index is 14.9. The fourth-order valence-corrected chi connectivity index (χ4v) is 6.21. The van der Waals surface area contributed by atoms with E-state index in [0.29, 0.717) is 0 Å². The van der Waals surface area contributed by atoms with Crippen LogP contribution in [-0.2, 0) is 28.4 Å². The summed E-state index contributed by atoms with van der Waals surface area (Å²) in [6, 6.07) is 0. The van der Waals surface area contributed by atoms with Crippen molar-refractivity contribution in [3.8, 4) is 0 Å². The van der Waals surface area contributed by atoms with Gasteiger partial charge in [-0.1, -0.05) is 23.5 Å². The summed E-state index contributed by atoms with van der Waals surface area (Å²) in [6.45, 7) is 10.9. The molecule has 57 heavy (non-hydrogen) atoms. The SMILES string of the molecule is CC(C)OCCC(C)(C)OC(CSC(F)(F)C(F)OC(F)(F)P(F)C(C)(F)F)C(CSC(F)(F)C(F)OC(F)(F)C(F)(F)C(F)(F)F)OC(C)(C)CCOC(C)C. The zero-order chi connectivity index (χ0) is 45.4. The van der Waals surface area contributed by atoms with Crippen LogP contribution in [0.3, 0.4) is 0 Å². The van der Waals surface area contributed by atoms with Crippen LogP contribution in [0, 0.1) is 0 Å². The first-order valence-electron chi connectivity index (χ1n) is 16.4. The van der Waals surface area contributed by atoms with Gasteiger partial charge in [-0.25, -0.2) is 13.0 Å². The highest BCUT2D eigenvalue weighted by molar-refractivity contribution is 8.00. The predicted octanol–water partition coefficient (Wildman–Crippen LogP) is 12.5. The maximum Gasteiger partial charge on any atom is 0.462 e. The summed E-state index contributed by atoms with van der Waals surface area (Å²) in [6.07, 6.45) is -28.7. The molecule has 0 aliphatic heterocycles. The number of rotatable bonds is 28. The first-order chi connectivity index (χ1) is 25.1. The van der Waals surface area contributed by atoms with Crippen molar-refractivity contribution in [3.63, 3.8) is 0 Å². The molecule has 0 rings (SSSR count). The van der Waals surface area contributed by atoms with Crippen molar-refractivity contribution in [3.05, 3.63) is 0 Å². The molecule has 344 valence electrons. The molecule has 0 aliphatic rings. The van der Waals surface area contributed by atoms with Crippen molar-refractivity contribution in [1.82, 2.24) is 0 Å². The fraction of sp³-hybridized carbons (Fsp3) is 1.00. The molecule has 0 spiro atoms. The average molecular weight is 939 g/mol. The van der Waals surface area contributed by atoms with Gasteiger partial charge < -0.3 is 18.9 Å². The van der Waals surface area contributed by atoms with Gasteiger partial charge in [0.15, 0.2) is 0 Å². The fourth-order valence-electron chi connectivity index (χ4n) is 3.88. The molecule has 5 atom stereocenters. The van der Waals surface area contributed by atoms with E-state index in [0.717, 1.165) is 0 Å². The van der Waals surface area contributed by atoms with Crippen molar-refractivity contribution in [2.75, 3.05) is 24.7 Å². The van der Waals surface area contributed by atoms with Crippen LogP contribution < -0.4 is 0 Å². The Morgan fingerprint density at radius 1 is 0.526 bits per heavy atom. The summed E-state index contributed by atoms with van der Waals surface area (Å²) in [5.74, 6) is -15.8. The summed E-state index contributed by atoms with van der Waals surface area (Å²) >= 11 is -2.07. The minimum Gasteiger partial charge on any atom is -0.379 e. The Kier molecular flexibility index (Phi) is 21.0. The van der Waals surface area contributed by atoms with Crippen molar-refractivity contribution < 1.29 is 107 Å². The Hall–Kier alpha value is -0.370. The number of thioether (sulfide) groups is 2. The third-order valence-corrected chi connectivity index (χ3v) is 10.2. The molecule has 0 aromatic carbocycles. The largest absolute Gasteiger partial charge is 0.462 e. The van der Waals surface area contributed by atoms with Gasteiger partial charge in [-0.05, 0) is 68.2 Å². The maximum absolute atomic E-state index is 14.9. The van der Waals surface area contributed by atoms with Crippen molar-refractivity contribution >= 4 is 31.8 Å². The molecule has 0 saturated heterocycles. The highest BCUT2D eigenvalue weighted by Crippen LogP contribution is 2.65. The summed E-state index contributed by atoms with van der Waals surface area (Å²) in [7, 11) is -5.37. The van der Waals surface area contributed by atoms with Crippen LogP contribution in [0.5, 0.6) is 0 Å². The van der Waals surface area contributed by atoms with E-state index in [1.165, 1.54) is 27.7 Å². The van der Waals surface area contributed by atoms with Gasteiger partial charge >= 0.3 is 34.6 Å². The summed E-state index contributed by atoms with van der Waals surface area (Å²) < 4.78 is 276. The van der Waals surface area contributed by atoms with Gasteiger partial charge in [0.25, 0.3) is 26.6 Å². The number of halogens is 18. The Morgan fingerprint density at radius 2 is 0.860 bits per heavy atom. The van der Waals surface area contributed by atoms with Gasteiger partial charge in [0.2, 0.25) is 0 Å². The van der Waals surface area contributed by atoms with E-state index >= 15 is 0 Å². The van der Waals surface area contributed by atoms with Gasteiger partial charge in [0.05, 0.1) is 35.6 Å². The highest BCUT2D eigenvalue weighted by atomic mass is 32.2. The molecule has 0 heterocycles. The third-order valence-electron chi connectivity index (χ3n) is 6.87. The van der Waals surface area contributed by atoms with E-state index in [2.05, 4.69) is 9.47 Å². The molecule has 0 aromatic heterocycles. The number of ether oxygens (including phenoxy) is 6. The molecule has 0 bridgehead atoms. The molecule has 0 aliphatic carbocycles. The molecule has 0 aromatic rings. The lowest BCUT2D eigenvalue weighted by molar-refractivity contribution is -0.446. The Labute approximate surface area is 327 Å². The summed E-state index contributed by atoms with van der Waals surface area (Å²) in [4.78, 5) is 0. The smallest absolute Gasteiger partial charge is 0.379 e. The highest BCUT2D eigenvalue weighted by Gasteiger charge is 2.76. The van der Waals surface area contributed by atoms with Crippen LogP contribution in [0.25, 0.3) is 0 Å². The zero-order valence-corrected chi connectivity index (χ0v) is 34.3. The van der Waals surface area contributed by atoms with Gasteiger partial charge in [-0.2, -0.15) is 65.9 Å². The average Bonchev–Trinajstić information content (AvgIpc) is 2.98. The van der Waals surface area contributed by atoms with Crippen molar-refractivity contribution in [2.24, 2.45) is 0 Å². The van der Waals surface area contributed by atoms with E-state index in [-0.39, 0.29) is 45.2 Å². The molecular formula is C30H45F18O6PS2. The number of hydrogen-bond acceptors (Lipinski definition) is 8. The second kappa shape index (κ2) is 21.1. The predicted molar refractivity (Wildman–Crippen MR) is 176 cm³/mol. The molecular weight excluding hydrogens is 893 g/mol. The Morgan fingerprint density at radius 3 is 1.16 bits per heavy atom. The van der Waals surface area contributed by atoms with Crippen LogP contribution in [0.1, 0.15) is 75.2 Å². The van der Waals surface area contributed by atoms with Crippen LogP contribution in [0.15, 0.2) is 0 Å². The molecule has 0 fully saturated rings. The van der Waals surface area contributed by atoms with E-state index in [4.69, 9.17) is 18.9 Å². The van der Waals surface area contributed by atoms with Crippen molar-refractivity contribution in [2.45, 2.75) is 164 Å². The lowest BCUT2D eigenvalue weighted by atomic mass is 10.0. The first kappa shape index (κ1) is 56.6.